The fourth-order valence-corrected chi connectivity index (χ4v) is 3.37. The van der Waals surface area contributed by atoms with Crippen LogP contribution >= 0.6 is 11.3 Å². The number of amides is 1. The Labute approximate surface area is 121 Å². The highest BCUT2D eigenvalue weighted by Gasteiger charge is 2.21. The molecule has 0 aliphatic rings. The summed E-state index contributed by atoms with van der Waals surface area (Å²) in [7, 11) is 0. The molecule has 0 aliphatic carbocycles. The van der Waals surface area contributed by atoms with E-state index in [0.29, 0.717) is 16.8 Å². The molecule has 0 atom stereocenters. The molecule has 0 radical (unpaired) electrons. The summed E-state index contributed by atoms with van der Waals surface area (Å²) in [5, 5.41) is 0.531. The number of fused-ring (bicyclic) bond motifs is 1. The molecule has 0 aliphatic heterocycles. The number of benzene rings is 1. The number of rotatable bonds is 5. The van der Waals surface area contributed by atoms with Gasteiger partial charge < -0.3 is 0 Å². The highest BCUT2D eigenvalue weighted by molar-refractivity contribution is 7.21. The van der Waals surface area contributed by atoms with Crippen LogP contribution in [0.25, 0.3) is 10.1 Å². The summed E-state index contributed by atoms with van der Waals surface area (Å²) in [4.78, 5) is 14.5. The fourth-order valence-electron chi connectivity index (χ4n) is 2.24. The number of halogens is 1. The minimum atomic E-state index is -0.368. The molecule has 1 aromatic heterocycles. The van der Waals surface area contributed by atoms with E-state index in [9.17, 15) is 9.18 Å². The maximum Gasteiger partial charge on any atom is 0.275 e. The van der Waals surface area contributed by atoms with E-state index in [2.05, 4.69) is 10.3 Å². The van der Waals surface area contributed by atoms with Crippen LogP contribution in [-0.4, -0.2) is 23.9 Å². The van der Waals surface area contributed by atoms with E-state index in [4.69, 9.17) is 5.84 Å². The van der Waals surface area contributed by atoms with Gasteiger partial charge in [-0.2, -0.15) is 0 Å². The fraction of sp³-hybridized carbons (Fsp3) is 0.357. The highest BCUT2D eigenvalue weighted by Crippen LogP contribution is 2.34. The van der Waals surface area contributed by atoms with Gasteiger partial charge in [0.25, 0.3) is 5.91 Å². The average Bonchev–Trinajstić information content (AvgIpc) is 2.83. The maximum absolute atomic E-state index is 14.1. The van der Waals surface area contributed by atoms with Crippen molar-refractivity contribution in [2.24, 2.45) is 5.84 Å². The van der Waals surface area contributed by atoms with E-state index < -0.39 is 0 Å². The van der Waals surface area contributed by atoms with Crippen molar-refractivity contribution in [1.82, 2.24) is 10.3 Å². The smallest absolute Gasteiger partial charge is 0.275 e. The van der Waals surface area contributed by atoms with Crippen LogP contribution < -0.4 is 11.3 Å². The Balaban J connectivity index is 2.60. The molecule has 6 heteroatoms. The molecule has 3 N–H and O–H groups in total. The Bertz CT molecular complexity index is 622. The van der Waals surface area contributed by atoms with E-state index in [0.717, 1.165) is 23.4 Å². The number of hydrazine groups is 1. The number of carbonyl (C=O) groups is 1. The first kappa shape index (κ1) is 14.9. The summed E-state index contributed by atoms with van der Waals surface area (Å²) in [6.45, 7) is 6.29. The van der Waals surface area contributed by atoms with Gasteiger partial charge >= 0.3 is 0 Å². The number of nitrogens with zero attached hydrogens (tertiary/aromatic N) is 1. The summed E-state index contributed by atoms with van der Waals surface area (Å²) in [6.07, 6.45) is 0. The standard InChI is InChI=1S/C14H18FN3OS/c1-3-18(4-2)8-9-12-10(15)6-5-7-11(12)20-13(9)14(19)17-16/h5-7H,3-4,8,16H2,1-2H3,(H,17,19). The van der Waals surface area contributed by atoms with Crippen LogP contribution in [0.5, 0.6) is 0 Å². The Morgan fingerprint density at radius 1 is 1.40 bits per heavy atom. The third-order valence-electron chi connectivity index (χ3n) is 3.38. The molecular formula is C14H18FN3OS. The van der Waals surface area contributed by atoms with Crippen LogP contribution in [-0.2, 0) is 6.54 Å². The molecule has 0 saturated heterocycles. The number of hydrogen-bond acceptors (Lipinski definition) is 4. The first-order valence-electron chi connectivity index (χ1n) is 6.55. The number of nitrogens with two attached hydrogens (primary N) is 1. The van der Waals surface area contributed by atoms with Gasteiger partial charge in [-0.15, -0.1) is 11.3 Å². The lowest BCUT2D eigenvalue weighted by molar-refractivity contribution is 0.0956. The van der Waals surface area contributed by atoms with E-state index >= 15 is 0 Å². The lowest BCUT2D eigenvalue weighted by Crippen LogP contribution is -2.31. The van der Waals surface area contributed by atoms with Crippen LogP contribution in [0.2, 0.25) is 0 Å². The van der Waals surface area contributed by atoms with E-state index in [1.54, 1.807) is 6.07 Å². The summed E-state index contributed by atoms with van der Waals surface area (Å²) in [6, 6.07) is 4.90. The first-order valence-corrected chi connectivity index (χ1v) is 7.37. The Morgan fingerprint density at radius 2 is 2.10 bits per heavy atom. The van der Waals surface area contributed by atoms with Crippen molar-refractivity contribution >= 4 is 27.3 Å². The van der Waals surface area contributed by atoms with Crippen molar-refractivity contribution in [1.29, 1.82) is 0 Å². The lowest BCUT2D eigenvalue weighted by Gasteiger charge is -2.18. The minimum Gasteiger partial charge on any atom is -0.300 e. The van der Waals surface area contributed by atoms with Crippen molar-refractivity contribution in [3.05, 3.63) is 34.5 Å². The van der Waals surface area contributed by atoms with Crippen LogP contribution in [0.4, 0.5) is 4.39 Å². The molecule has 20 heavy (non-hydrogen) atoms. The van der Waals surface area contributed by atoms with Gasteiger partial charge in [0.05, 0.1) is 4.88 Å². The van der Waals surface area contributed by atoms with Gasteiger partial charge in [0, 0.05) is 22.2 Å². The molecule has 0 fully saturated rings. The second-order valence-corrected chi connectivity index (χ2v) is 5.51. The van der Waals surface area contributed by atoms with Gasteiger partial charge in [0.15, 0.2) is 0 Å². The zero-order valence-electron chi connectivity index (χ0n) is 11.6. The monoisotopic (exact) mass is 295 g/mol. The zero-order valence-corrected chi connectivity index (χ0v) is 12.4. The average molecular weight is 295 g/mol. The normalized spacial score (nSPS) is 11.2. The van der Waals surface area contributed by atoms with Gasteiger partial charge in [-0.3, -0.25) is 15.1 Å². The third kappa shape index (κ3) is 2.67. The second kappa shape index (κ2) is 6.30. The maximum atomic E-state index is 14.1. The molecule has 4 nitrogen and oxygen atoms in total. The Kier molecular flexibility index (Phi) is 4.69. The predicted molar refractivity (Wildman–Crippen MR) is 80.1 cm³/mol. The number of nitrogen functional groups attached to an aromatic ring is 1. The summed E-state index contributed by atoms with van der Waals surface area (Å²) in [5.41, 5.74) is 2.86. The molecule has 0 unspecified atom stereocenters. The SMILES string of the molecule is CCN(CC)Cc1c(C(=O)NN)sc2cccc(F)c12. The molecule has 0 spiro atoms. The zero-order chi connectivity index (χ0) is 14.7. The van der Waals surface area contributed by atoms with Crippen LogP contribution in [0.1, 0.15) is 29.1 Å². The number of thiophene rings is 1. The topological polar surface area (TPSA) is 58.4 Å². The Morgan fingerprint density at radius 3 is 2.70 bits per heavy atom. The van der Waals surface area contributed by atoms with E-state index in [1.807, 2.05) is 19.9 Å². The summed E-state index contributed by atoms with van der Waals surface area (Å²) >= 11 is 1.28. The van der Waals surface area contributed by atoms with Crippen molar-refractivity contribution < 1.29 is 9.18 Å². The molecular weight excluding hydrogens is 277 g/mol. The quantitative estimate of drug-likeness (QED) is 0.506. The van der Waals surface area contributed by atoms with Crippen LogP contribution in [0, 0.1) is 5.82 Å². The highest BCUT2D eigenvalue weighted by atomic mass is 32.1. The van der Waals surface area contributed by atoms with E-state index in [1.165, 1.54) is 17.4 Å². The van der Waals surface area contributed by atoms with Gasteiger partial charge in [-0.25, -0.2) is 10.2 Å². The lowest BCUT2D eigenvalue weighted by atomic mass is 10.1. The van der Waals surface area contributed by atoms with Gasteiger partial charge in [-0.05, 0) is 25.2 Å². The Hall–Kier alpha value is -1.50. The summed E-state index contributed by atoms with van der Waals surface area (Å²) in [5.74, 6) is 4.57. The van der Waals surface area contributed by atoms with E-state index in [-0.39, 0.29) is 11.7 Å². The summed E-state index contributed by atoms with van der Waals surface area (Å²) < 4.78 is 14.9. The first-order chi connectivity index (χ1) is 9.62. The molecule has 0 saturated carbocycles. The van der Waals surface area contributed by atoms with Gasteiger partial charge in [-0.1, -0.05) is 19.9 Å². The largest absolute Gasteiger partial charge is 0.300 e. The molecule has 1 heterocycles. The van der Waals surface area contributed by atoms with Crippen LogP contribution in [0.3, 0.4) is 0 Å². The minimum absolute atomic E-state index is 0.294. The van der Waals surface area contributed by atoms with Crippen molar-refractivity contribution in [3.63, 3.8) is 0 Å². The van der Waals surface area contributed by atoms with Crippen molar-refractivity contribution in [2.75, 3.05) is 13.1 Å². The predicted octanol–water partition coefficient (Wildman–Crippen LogP) is 2.49. The molecule has 1 amide bonds. The number of carbonyl (C=O) groups excluding carboxylic acids is 1. The second-order valence-electron chi connectivity index (χ2n) is 4.46. The van der Waals surface area contributed by atoms with Crippen molar-refractivity contribution in [3.8, 4) is 0 Å². The molecule has 0 bridgehead atoms. The van der Waals surface area contributed by atoms with Gasteiger partial charge in [0.2, 0.25) is 0 Å². The van der Waals surface area contributed by atoms with Crippen LogP contribution in [0.15, 0.2) is 18.2 Å². The van der Waals surface area contributed by atoms with Crippen molar-refractivity contribution in [2.45, 2.75) is 20.4 Å². The third-order valence-corrected chi connectivity index (χ3v) is 4.57. The number of nitrogens with one attached hydrogen (secondary N) is 1. The molecule has 2 aromatic rings. The molecule has 1 aromatic carbocycles. The van der Waals surface area contributed by atoms with Gasteiger partial charge in [0.1, 0.15) is 5.82 Å². The number of hydrogen-bond donors (Lipinski definition) is 2. The molecule has 108 valence electrons. The molecule has 2 rings (SSSR count).